The number of hydrogen-bond donors (Lipinski definition) is 0. The summed E-state index contributed by atoms with van der Waals surface area (Å²) in [6.07, 6.45) is 8.34. The van der Waals surface area contributed by atoms with Crippen LogP contribution < -0.4 is 0 Å². The predicted octanol–water partition coefficient (Wildman–Crippen LogP) is 6.55. The van der Waals surface area contributed by atoms with Crippen LogP contribution in [0, 0.1) is 29.6 Å². The van der Waals surface area contributed by atoms with Crippen molar-refractivity contribution in [3.8, 4) is 0 Å². The van der Waals surface area contributed by atoms with Gasteiger partial charge in [0.15, 0.2) is 0 Å². The minimum Gasteiger partial charge on any atom is -0.0654 e. The van der Waals surface area contributed by atoms with Gasteiger partial charge in [-0.1, -0.05) is 74.1 Å². The molecule has 0 amide bonds. The summed E-state index contributed by atoms with van der Waals surface area (Å²) in [5, 5.41) is 0. The number of rotatable bonds is 10. The van der Waals surface area contributed by atoms with Gasteiger partial charge in [-0.2, -0.15) is 0 Å². The topological polar surface area (TPSA) is 0 Å². The second-order valence-corrected chi connectivity index (χ2v) is 6.95. The Balaban J connectivity index is 4.54. The van der Waals surface area contributed by atoms with Crippen LogP contribution in [-0.4, -0.2) is 0 Å². The summed E-state index contributed by atoms with van der Waals surface area (Å²) in [4.78, 5) is 0. The molecule has 0 saturated carbocycles. The maximum atomic E-state index is 2.49. The fourth-order valence-corrected chi connectivity index (χ4v) is 3.48. The molecule has 4 unspecified atom stereocenters. The molecular weight excluding hydrogens is 216 g/mol. The van der Waals surface area contributed by atoms with Gasteiger partial charge in [-0.15, -0.1) is 0 Å². The molecule has 0 fully saturated rings. The average Bonchev–Trinajstić information content (AvgIpc) is 2.33. The van der Waals surface area contributed by atoms with Gasteiger partial charge in [-0.25, -0.2) is 0 Å². The Morgan fingerprint density at radius 3 is 1.72 bits per heavy atom. The first-order valence-electron chi connectivity index (χ1n) is 8.46. The molecule has 0 nitrogen and oxygen atoms in total. The van der Waals surface area contributed by atoms with Gasteiger partial charge in [0.2, 0.25) is 0 Å². The van der Waals surface area contributed by atoms with Gasteiger partial charge >= 0.3 is 0 Å². The van der Waals surface area contributed by atoms with E-state index in [0.717, 1.165) is 29.6 Å². The van der Waals surface area contributed by atoms with E-state index in [1.165, 1.54) is 38.5 Å². The highest BCUT2D eigenvalue weighted by Crippen LogP contribution is 2.35. The van der Waals surface area contributed by atoms with E-state index in [9.17, 15) is 0 Å². The maximum absolute atomic E-state index is 2.49. The van der Waals surface area contributed by atoms with Crippen molar-refractivity contribution in [2.45, 2.75) is 87.0 Å². The van der Waals surface area contributed by atoms with Crippen LogP contribution in [0.2, 0.25) is 0 Å². The van der Waals surface area contributed by atoms with Gasteiger partial charge < -0.3 is 0 Å². The van der Waals surface area contributed by atoms with Crippen LogP contribution in [0.15, 0.2) is 0 Å². The molecule has 0 heteroatoms. The lowest BCUT2D eigenvalue weighted by Crippen LogP contribution is -2.23. The van der Waals surface area contributed by atoms with Gasteiger partial charge in [0.25, 0.3) is 0 Å². The van der Waals surface area contributed by atoms with Crippen molar-refractivity contribution >= 4 is 0 Å². The van der Waals surface area contributed by atoms with Gasteiger partial charge in [-0.3, -0.25) is 0 Å². The summed E-state index contributed by atoms with van der Waals surface area (Å²) in [7, 11) is 0. The Morgan fingerprint density at radius 2 is 1.33 bits per heavy atom. The minimum absolute atomic E-state index is 0.856. The minimum atomic E-state index is 0.856. The second kappa shape index (κ2) is 9.87. The first-order valence-corrected chi connectivity index (χ1v) is 8.46. The predicted molar refractivity (Wildman–Crippen MR) is 84.9 cm³/mol. The lowest BCUT2D eigenvalue weighted by atomic mass is 9.73. The van der Waals surface area contributed by atoms with E-state index in [-0.39, 0.29) is 0 Å². The van der Waals surface area contributed by atoms with E-state index in [0.29, 0.717) is 0 Å². The third-order valence-electron chi connectivity index (χ3n) is 4.84. The molecule has 110 valence electrons. The molecule has 0 radical (unpaired) electrons. The molecule has 0 bridgehead atoms. The molecule has 4 atom stereocenters. The molecule has 0 aromatic heterocycles. The van der Waals surface area contributed by atoms with Gasteiger partial charge in [0, 0.05) is 0 Å². The van der Waals surface area contributed by atoms with E-state index in [1.807, 2.05) is 0 Å². The Hall–Kier alpha value is 0. The van der Waals surface area contributed by atoms with Crippen LogP contribution in [0.1, 0.15) is 87.0 Å². The summed E-state index contributed by atoms with van der Waals surface area (Å²) in [5.41, 5.74) is 0. The van der Waals surface area contributed by atoms with Gasteiger partial charge in [0.1, 0.15) is 0 Å². The second-order valence-electron chi connectivity index (χ2n) is 6.95. The SMILES string of the molecule is CCCC(C)C(CC(CC)CC(C)C)C(C)CC. The monoisotopic (exact) mass is 254 g/mol. The molecule has 0 N–H and O–H groups in total. The molecule has 18 heavy (non-hydrogen) atoms. The van der Waals surface area contributed by atoms with Crippen molar-refractivity contribution in [3.05, 3.63) is 0 Å². The van der Waals surface area contributed by atoms with Crippen LogP contribution in [0.25, 0.3) is 0 Å². The largest absolute Gasteiger partial charge is 0.0654 e. The quantitative estimate of drug-likeness (QED) is 0.415. The van der Waals surface area contributed by atoms with Gasteiger partial charge in [0.05, 0.1) is 0 Å². The van der Waals surface area contributed by atoms with Crippen LogP contribution >= 0.6 is 0 Å². The molecule has 0 aromatic rings. The van der Waals surface area contributed by atoms with E-state index in [1.54, 1.807) is 0 Å². The van der Waals surface area contributed by atoms with Crippen LogP contribution in [0.4, 0.5) is 0 Å². The molecule has 0 aliphatic rings. The summed E-state index contributed by atoms with van der Waals surface area (Å²) >= 11 is 0. The lowest BCUT2D eigenvalue weighted by molar-refractivity contribution is 0.177. The first-order chi connectivity index (χ1) is 8.46. The Kier molecular flexibility index (Phi) is 9.87. The van der Waals surface area contributed by atoms with Crippen LogP contribution in [0.3, 0.4) is 0 Å². The normalized spacial score (nSPS) is 18.7. The van der Waals surface area contributed by atoms with Crippen molar-refractivity contribution in [2.24, 2.45) is 29.6 Å². The molecular formula is C18H38. The Labute approximate surface area is 117 Å². The third-order valence-corrected chi connectivity index (χ3v) is 4.84. The fourth-order valence-electron chi connectivity index (χ4n) is 3.48. The number of hydrogen-bond acceptors (Lipinski definition) is 0. The smallest absolute Gasteiger partial charge is 0.0360 e. The van der Waals surface area contributed by atoms with Crippen molar-refractivity contribution in [3.63, 3.8) is 0 Å². The summed E-state index contributed by atoms with van der Waals surface area (Å²) in [5.74, 6) is 4.55. The molecule has 0 spiro atoms. The van der Waals surface area contributed by atoms with Crippen LogP contribution in [-0.2, 0) is 0 Å². The van der Waals surface area contributed by atoms with E-state index < -0.39 is 0 Å². The summed E-state index contributed by atoms with van der Waals surface area (Å²) < 4.78 is 0. The molecule has 0 heterocycles. The van der Waals surface area contributed by atoms with Crippen molar-refractivity contribution < 1.29 is 0 Å². The molecule has 0 rings (SSSR count). The van der Waals surface area contributed by atoms with Crippen LogP contribution in [0.5, 0.6) is 0 Å². The molecule has 0 aliphatic heterocycles. The zero-order valence-corrected chi connectivity index (χ0v) is 14.1. The van der Waals surface area contributed by atoms with E-state index in [2.05, 4.69) is 48.5 Å². The summed E-state index contributed by atoms with van der Waals surface area (Å²) in [6.45, 7) is 16.8. The molecule has 0 aromatic carbocycles. The molecule has 0 saturated heterocycles. The summed E-state index contributed by atoms with van der Waals surface area (Å²) in [6, 6.07) is 0. The highest BCUT2D eigenvalue weighted by atomic mass is 14.3. The van der Waals surface area contributed by atoms with E-state index >= 15 is 0 Å². The standard InChI is InChI=1S/C18H38/c1-8-11-16(7)18(15(6)9-2)13-17(10-3)12-14(4)5/h14-18H,8-13H2,1-7H3. The molecule has 0 aliphatic carbocycles. The van der Waals surface area contributed by atoms with Gasteiger partial charge in [-0.05, 0) is 42.4 Å². The third kappa shape index (κ3) is 6.81. The van der Waals surface area contributed by atoms with E-state index in [4.69, 9.17) is 0 Å². The van der Waals surface area contributed by atoms with Crippen molar-refractivity contribution in [1.29, 1.82) is 0 Å². The zero-order valence-electron chi connectivity index (χ0n) is 14.1. The average molecular weight is 255 g/mol. The highest BCUT2D eigenvalue weighted by molar-refractivity contribution is 4.75. The van der Waals surface area contributed by atoms with Crippen molar-refractivity contribution in [2.75, 3.05) is 0 Å². The maximum Gasteiger partial charge on any atom is -0.0360 e. The van der Waals surface area contributed by atoms with Crippen molar-refractivity contribution in [1.82, 2.24) is 0 Å². The Bertz CT molecular complexity index is 182. The zero-order chi connectivity index (χ0) is 14.1. The Morgan fingerprint density at radius 1 is 0.722 bits per heavy atom. The fraction of sp³-hybridized carbons (Fsp3) is 1.00. The first kappa shape index (κ1) is 18.0. The highest BCUT2D eigenvalue weighted by Gasteiger charge is 2.25. The lowest BCUT2D eigenvalue weighted by Gasteiger charge is -2.33.